The number of carbonyl (C=O) groups is 1. The molecule has 0 aliphatic carbocycles. The number of carbonyl (C=O) groups excluding carboxylic acids is 1. The van der Waals surface area contributed by atoms with E-state index in [1.165, 1.54) is 0 Å². The maximum atomic E-state index is 12.1. The van der Waals surface area contributed by atoms with Crippen molar-refractivity contribution in [2.75, 3.05) is 0 Å². The van der Waals surface area contributed by atoms with E-state index in [0.29, 0.717) is 15.7 Å². The lowest BCUT2D eigenvalue weighted by atomic mass is 10.1. The van der Waals surface area contributed by atoms with Crippen molar-refractivity contribution in [3.63, 3.8) is 0 Å². The maximum Gasteiger partial charge on any atom is 0.289 e. The van der Waals surface area contributed by atoms with E-state index >= 15 is 0 Å². The van der Waals surface area contributed by atoms with Gasteiger partial charge in [0.05, 0.1) is 22.0 Å². The molecule has 0 saturated heterocycles. The van der Waals surface area contributed by atoms with Gasteiger partial charge in [0.15, 0.2) is 0 Å². The minimum atomic E-state index is -0.398. The molecule has 1 amide bonds. The smallest absolute Gasteiger partial charge is 0.272 e. The standard InChI is InChI=1S/C17H11BrCl2N4O/c18-12-3-1-2-10(6-12)9-21-24-17(25)16-8-15(22-23-16)11-4-5-13(19)14(20)7-11/h1-9H,(H,22,23)(H,24,25)/b21-9+. The summed E-state index contributed by atoms with van der Waals surface area (Å²) >= 11 is 15.3. The highest BCUT2D eigenvalue weighted by molar-refractivity contribution is 9.10. The van der Waals surface area contributed by atoms with E-state index in [4.69, 9.17) is 23.2 Å². The molecule has 0 fully saturated rings. The predicted octanol–water partition coefficient (Wildman–Crippen LogP) is 4.91. The van der Waals surface area contributed by atoms with Crippen molar-refractivity contribution in [2.24, 2.45) is 5.10 Å². The van der Waals surface area contributed by atoms with E-state index in [1.54, 1.807) is 30.5 Å². The number of nitrogens with one attached hydrogen (secondary N) is 2. The van der Waals surface area contributed by atoms with Gasteiger partial charge in [-0.05, 0) is 35.9 Å². The fourth-order valence-electron chi connectivity index (χ4n) is 2.05. The number of halogens is 3. The second-order valence-electron chi connectivity index (χ2n) is 5.05. The molecule has 3 aromatic rings. The normalized spacial score (nSPS) is 11.0. The summed E-state index contributed by atoms with van der Waals surface area (Å²) in [6.07, 6.45) is 1.55. The number of hydrazone groups is 1. The average Bonchev–Trinajstić information content (AvgIpc) is 3.07. The monoisotopic (exact) mass is 436 g/mol. The summed E-state index contributed by atoms with van der Waals surface area (Å²) in [6, 6.07) is 14.3. The van der Waals surface area contributed by atoms with Crippen LogP contribution in [0.15, 0.2) is 58.1 Å². The Bertz CT molecular complexity index is 955. The minimum Gasteiger partial charge on any atom is -0.272 e. The van der Waals surface area contributed by atoms with Gasteiger partial charge in [-0.15, -0.1) is 0 Å². The van der Waals surface area contributed by atoms with Crippen LogP contribution < -0.4 is 5.43 Å². The van der Waals surface area contributed by atoms with Gasteiger partial charge < -0.3 is 0 Å². The minimum absolute atomic E-state index is 0.285. The molecule has 8 heteroatoms. The summed E-state index contributed by atoms with van der Waals surface area (Å²) in [5.74, 6) is -0.398. The molecule has 0 atom stereocenters. The summed E-state index contributed by atoms with van der Waals surface area (Å²) in [5.41, 5.74) is 4.93. The Morgan fingerprint density at radius 1 is 1.16 bits per heavy atom. The number of benzene rings is 2. The molecule has 0 aliphatic heterocycles. The Hall–Kier alpha value is -2.15. The topological polar surface area (TPSA) is 70.1 Å². The van der Waals surface area contributed by atoms with Crippen LogP contribution in [0.25, 0.3) is 11.3 Å². The predicted molar refractivity (Wildman–Crippen MR) is 103 cm³/mol. The summed E-state index contributed by atoms with van der Waals surface area (Å²) < 4.78 is 0.933. The van der Waals surface area contributed by atoms with Gasteiger partial charge in [-0.1, -0.05) is 57.3 Å². The van der Waals surface area contributed by atoms with Crippen molar-refractivity contribution in [3.8, 4) is 11.3 Å². The highest BCUT2D eigenvalue weighted by Gasteiger charge is 2.11. The average molecular weight is 438 g/mol. The Labute approximate surface area is 162 Å². The number of hydrogen-bond donors (Lipinski definition) is 2. The van der Waals surface area contributed by atoms with Gasteiger partial charge in [-0.25, -0.2) is 5.43 Å². The third-order valence-corrected chi connectivity index (χ3v) is 4.50. The molecule has 0 saturated carbocycles. The second kappa shape index (κ2) is 7.82. The van der Waals surface area contributed by atoms with Crippen LogP contribution in [0.4, 0.5) is 0 Å². The summed E-state index contributed by atoms with van der Waals surface area (Å²) in [4.78, 5) is 12.1. The summed E-state index contributed by atoms with van der Waals surface area (Å²) in [5, 5.41) is 11.6. The summed E-state index contributed by atoms with van der Waals surface area (Å²) in [7, 11) is 0. The molecule has 5 nitrogen and oxygen atoms in total. The largest absolute Gasteiger partial charge is 0.289 e. The zero-order chi connectivity index (χ0) is 17.8. The van der Waals surface area contributed by atoms with Crippen molar-refractivity contribution in [1.29, 1.82) is 0 Å². The molecule has 1 heterocycles. The summed E-state index contributed by atoms with van der Waals surface area (Å²) in [6.45, 7) is 0. The van der Waals surface area contributed by atoms with Gasteiger partial charge in [0, 0.05) is 10.0 Å². The Kier molecular flexibility index (Phi) is 5.53. The third-order valence-electron chi connectivity index (χ3n) is 3.27. The fourth-order valence-corrected chi connectivity index (χ4v) is 2.77. The van der Waals surface area contributed by atoms with Gasteiger partial charge in [-0.2, -0.15) is 10.2 Å². The molecule has 3 rings (SSSR count). The molecule has 1 aromatic heterocycles. The number of amides is 1. The van der Waals surface area contributed by atoms with Crippen molar-refractivity contribution >= 4 is 51.3 Å². The zero-order valence-corrected chi connectivity index (χ0v) is 15.7. The first-order valence-corrected chi connectivity index (χ1v) is 8.67. The van der Waals surface area contributed by atoms with Crippen LogP contribution in [0, 0.1) is 0 Å². The molecule has 25 heavy (non-hydrogen) atoms. The van der Waals surface area contributed by atoms with Gasteiger partial charge in [0.1, 0.15) is 5.69 Å². The second-order valence-corrected chi connectivity index (χ2v) is 6.78. The number of hydrogen-bond acceptors (Lipinski definition) is 3. The van der Waals surface area contributed by atoms with Crippen LogP contribution in [0.1, 0.15) is 16.1 Å². The highest BCUT2D eigenvalue weighted by Crippen LogP contribution is 2.27. The van der Waals surface area contributed by atoms with E-state index in [0.717, 1.165) is 15.6 Å². The Balaban J connectivity index is 1.69. The molecule has 2 aromatic carbocycles. The van der Waals surface area contributed by atoms with Crippen LogP contribution in [-0.4, -0.2) is 22.3 Å². The number of nitrogens with zero attached hydrogens (tertiary/aromatic N) is 2. The Morgan fingerprint density at radius 2 is 2.00 bits per heavy atom. The molecule has 0 radical (unpaired) electrons. The third kappa shape index (κ3) is 4.48. The molecule has 0 spiro atoms. The van der Waals surface area contributed by atoms with Crippen molar-refractivity contribution in [1.82, 2.24) is 15.6 Å². The lowest BCUT2D eigenvalue weighted by Gasteiger charge is -1.99. The van der Waals surface area contributed by atoms with Gasteiger partial charge in [0.2, 0.25) is 0 Å². The molecule has 126 valence electrons. The van der Waals surface area contributed by atoms with E-state index < -0.39 is 5.91 Å². The molecule has 0 bridgehead atoms. The molecule has 2 N–H and O–H groups in total. The fraction of sp³-hybridized carbons (Fsp3) is 0. The van der Waals surface area contributed by atoms with Gasteiger partial charge >= 0.3 is 0 Å². The SMILES string of the molecule is O=C(N/N=C/c1cccc(Br)c1)c1cc(-c2ccc(Cl)c(Cl)c2)n[nH]1. The van der Waals surface area contributed by atoms with Crippen LogP contribution in [0.2, 0.25) is 10.0 Å². The molecular formula is C17H11BrCl2N4O. The van der Waals surface area contributed by atoms with E-state index in [2.05, 4.69) is 36.7 Å². The van der Waals surface area contributed by atoms with Crippen LogP contribution in [0.5, 0.6) is 0 Å². The Morgan fingerprint density at radius 3 is 2.76 bits per heavy atom. The van der Waals surface area contributed by atoms with Crippen LogP contribution >= 0.6 is 39.1 Å². The van der Waals surface area contributed by atoms with E-state index in [9.17, 15) is 4.79 Å². The van der Waals surface area contributed by atoms with E-state index in [-0.39, 0.29) is 5.69 Å². The van der Waals surface area contributed by atoms with Crippen molar-refractivity contribution < 1.29 is 4.79 Å². The first kappa shape index (κ1) is 17.7. The number of rotatable bonds is 4. The van der Waals surface area contributed by atoms with E-state index in [1.807, 2.05) is 24.3 Å². The first-order chi connectivity index (χ1) is 12.0. The lowest BCUT2D eigenvalue weighted by Crippen LogP contribution is -2.17. The lowest BCUT2D eigenvalue weighted by molar-refractivity contribution is 0.0950. The molecular weight excluding hydrogens is 427 g/mol. The molecule has 0 aliphatic rings. The highest BCUT2D eigenvalue weighted by atomic mass is 79.9. The number of aromatic amines is 1. The van der Waals surface area contributed by atoms with Crippen LogP contribution in [-0.2, 0) is 0 Å². The quantitative estimate of drug-likeness (QED) is 0.449. The number of H-pyrrole nitrogens is 1. The first-order valence-electron chi connectivity index (χ1n) is 7.13. The van der Waals surface area contributed by atoms with Crippen molar-refractivity contribution in [2.45, 2.75) is 0 Å². The maximum absolute atomic E-state index is 12.1. The molecule has 0 unspecified atom stereocenters. The van der Waals surface area contributed by atoms with Gasteiger partial charge in [0.25, 0.3) is 5.91 Å². The van der Waals surface area contributed by atoms with Gasteiger partial charge in [-0.3, -0.25) is 9.89 Å². The van der Waals surface area contributed by atoms with Crippen molar-refractivity contribution in [3.05, 3.63) is 74.3 Å². The van der Waals surface area contributed by atoms with Crippen LogP contribution in [0.3, 0.4) is 0 Å². The number of aromatic nitrogens is 2. The zero-order valence-electron chi connectivity index (χ0n) is 12.6.